The van der Waals surface area contributed by atoms with Crippen molar-refractivity contribution in [2.45, 2.75) is 31.7 Å². The SMILES string of the molecule is OC(OCC1CCCCO1)c1ccccc1.OCCF. The molecule has 0 radical (unpaired) electrons. The van der Waals surface area contributed by atoms with Gasteiger partial charge in [-0.25, -0.2) is 4.39 Å². The molecule has 0 aliphatic carbocycles. The quantitative estimate of drug-likeness (QED) is 0.815. The summed E-state index contributed by atoms with van der Waals surface area (Å²) in [6.07, 6.45) is 2.66. The summed E-state index contributed by atoms with van der Waals surface area (Å²) in [7, 11) is 0. The zero-order chi connectivity index (χ0) is 14.6. The maximum atomic E-state index is 10.5. The molecule has 2 unspecified atom stereocenters. The molecule has 4 nitrogen and oxygen atoms in total. The van der Waals surface area contributed by atoms with E-state index in [1.54, 1.807) is 0 Å². The van der Waals surface area contributed by atoms with E-state index < -0.39 is 13.0 Å². The highest BCUT2D eigenvalue weighted by molar-refractivity contribution is 5.15. The number of aliphatic hydroxyl groups is 2. The fourth-order valence-electron chi connectivity index (χ4n) is 1.85. The molecule has 0 bridgehead atoms. The predicted molar refractivity (Wildman–Crippen MR) is 74.0 cm³/mol. The van der Waals surface area contributed by atoms with Gasteiger partial charge in [0.05, 0.1) is 19.3 Å². The Balaban J connectivity index is 0.000000444. The van der Waals surface area contributed by atoms with E-state index >= 15 is 0 Å². The van der Waals surface area contributed by atoms with Gasteiger partial charge in [-0.15, -0.1) is 0 Å². The van der Waals surface area contributed by atoms with E-state index in [0.717, 1.165) is 25.0 Å². The average Bonchev–Trinajstić information content (AvgIpc) is 2.54. The van der Waals surface area contributed by atoms with Gasteiger partial charge >= 0.3 is 0 Å². The lowest BCUT2D eigenvalue weighted by Gasteiger charge is -2.23. The first-order valence-corrected chi connectivity index (χ1v) is 6.91. The van der Waals surface area contributed by atoms with Gasteiger partial charge in [-0.1, -0.05) is 30.3 Å². The van der Waals surface area contributed by atoms with Crippen molar-refractivity contribution in [2.75, 3.05) is 26.5 Å². The van der Waals surface area contributed by atoms with Crippen LogP contribution in [0.5, 0.6) is 0 Å². The Morgan fingerprint density at radius 3 is 2.55 bits per heavy atom. The van der Waals surface area contributed by atoms with Crippen molar-refractivity contribution >= 4 is 0 Å². The van der Waals surface area contributed by atoms with Gasteiger partial charge in [0.25, 0.3) is 0 Å². The summed E-state index contributed by atoms with van der Waals surface area (Å²) in [4.78, 5) is 0. The molecule has 2 N–H and O–H groups in total. The number of hydrogen-bond donors (Lipinski definition) is 2. The maximum absolute atomic E-state index is 10.5. The van der Waals surface area contributed by atoms with E-state index in [9.17, 15) is 9.50 Å². The Labute approximate surface area is 119 Å². The first-order chi connectivity index (χ1) is 9.77. The van der Waals surface area contributed by atoms with Crippen LogP contribution in [0.2, 0.25) is 0 Å². The smallest absolute Gasteiger partial charge is 0.181 e. The lowest BCUT2D eigenvalue weighted by atomic mass is 10.1. The lowest BCUT2D eigenvalue weighted by Crippen LogP contribution is -2.25. The van der Waals surface area contributed by atoms with Gasteiger partial charge in [0.1, 0.15) is 6.67 Å². The zero-order valence-electron chi connectivity index (χ0n) is 11.6. The molecule has 1 aliphatic rings. The van der Waals surface area contributed by atoms with Gasteiger partial charge in [0, 0.05) is 12.2 Å². The average molecular weight is 286 g/mol. The highest BCUT2D eigenvalue weighted by Crippen LogP contribution is 2.17. The Morgan fingerprint density at radius 2 is 2.00 bits per heavy atom. The van der Waals surface area contributed by atoms with Crippen LogP contribution in [0.15, 0.2) is 30.3 Å². The predicted octanol–water partition coefficient (Wildman–Crippen LogP) is 2.21. The molecule has 20 heavy (non-hydrogen) atoms. The Morgan fingerprint density at radius 1 is 1.30 bits per heavy atom. The molecule has 1 heterocycles. The van der Waals surface area contributed by atoms with E-state index in [4.69, 9.17) is 14.6 Å². The largest absolute Gasteiger partial charge is 0.394 e. The first kappa shape index (κ1) is 17.0. The van der Waals surface area contributed by atoms with Crippen LogP contribution < -0.4 is 0 Å². The third kappa shape index (κ3) is 6.96. The number of ether oxygens (including phenoxy) is 2. The Bertz CT molecular complexity index is 326. The second-order valence-corrected chi connectivity index (χ2v) is 4.50. The van der Waals surface area contributed by atoms with Crippen molar-refractivity contribution in [3.05, 3.63) is 35.9 Å². The molecule has 0 amide bonds. The lowest BCUT2D eigenvalue weighted by molar-refractivity contribution is -0.140. The van der Waals surface area contributed by atoms with E-state index in [1.165, 1.54) is 6.42 Å². The molecule has 5 heteroatoms. The zero-order valence-corrected chi connectivity index (χ0v) is 11.6. The third-order valence-electron chi connectivity index (χ3n) is 2.88. The van der Waals surface area contributed by atoms with Crippen LogP contribution in [-0.2, 0) is 9.47 Å². The van der Waals surface area contributed by atoms with Gasteiger partial charge in [-0.05, 0) is 19.3 Å². The van der Waals surface area contributed by atoms with E-state index in [2.05, 4.69) is 0 Å². The van der Waals surface area contributed by atoms with Crippen molar-refractivity contribution in [1.82, 2.24) is 0 Å². The molecule has 2 atom stereocenters. The molecule has 2 rings (SSSR count). The van der Waals surface area contributed by atoms with Gasteiger partial charge in [-0.3, -0.25) is 0 Å². The van der Waals surface area contributed by atoms with Crippen LogP contribution in [0.1, 0.15) is 31.1 Å². The topological polar surface area (TPSA) is 58.9 Å². The van der Waals surface area contributed by atoms with Gasteiger partial charge in [0.2, 0.25) is 0 Å². The standard InChI is InChI=1S/C13H18O3.C2H5FO/c14-13(11-6-2-1-3-7-11)16-10-12-8-4-5-9-15-12;3-1-2-4/h1-3,6-7,12-14H,4-5,8-10H2;4H,1-2H2. The summed E-state index contributed by atoms with van der Waals surface area (Å²) in [5, 5.41) is 17.3. The van der Waals surface area contributed by atoms with Crippen molar-refractivity contribution in [2.24, 2.45) is 0 Å². The van der Waals surface area contributed by atoms with Crippen LogP contribution >= 0.6 is 0 Å². The fourth-order valence-corrected chi connectivity index (χ4v) is 1.85. The minimum Gasteiger partial charge on any atom is -0.394 e. The van der Waals surface area contributed by atoms with Crippen molar-refractivity contribution in [1.29, 1.82) is 0 Å². The minimum absolute atomic E-state index is 0.145. The van der Waals surface area contributed by atoms with Gasteiger partial charge < -0.3 is 19.7 Å². The van der Waals surface area contributed by atoms with Gasteiger partial charge in [0.15, 0.2) is 6.29 Å². The number of rotatable bonds is 5. The second-order valence-electron chi connectivity index (χ2n) is 4.50. The summed E-state index contributed by atoms with van der Waals surface area (Å²) < 4.78 is 21.4. The van der Waals surface area contributed by atoms with Crippen LogP contribution in [-0.4, -0.2) is 42.8 Å². The molecule has 1 aromatic carbocycles. The number of halogens is 1. The molecule has 0 spiro atoms. The summed E-state index contributed by atoms with van der Waals surface area (Å²) >= 11 is 0. The number of alkyl halides is 1. The minimum atomic E-state index is -0.841. The van der Waals surface area contributed by atoms with Gasteiger partial charge in [-0.2, -0.15) is 0 Å². The molecule has 1 fully saturated rings. The number of benzene rings is 1. The molecule has 0 aromatic heterocycles. The molecule has 114 valence electrons. The van der Waals surface area contributed by atoms with E-state index in [0.29, 0.717) is 6.61 Å². The Hall–Kier alpha value is -1.01. The van der Waals surface area contributed by atoms with Crippen molar-refractivity contribution in [3.8, 4) is 0 Å². The van der Waals surface area contributed by atoms with Crippen molar-refractivity contribution < 1.29 is 24.1 Å². The molecule has 1 aliphatic heterocycles. The fraction of sp³-hybridized carbons (Fsp3) is 0.600. The molecule has 1 saturated heterocycles. The summed E-state index contributed by atoms with van der Waals surface area (Å²) in [6, 6.07) is 9.40. The highest BCUT2D eigenvalue weighted by Gasteiger charge is 2.16. The van der Waals surface area contributed by atoms with E-state index in [-0.39, 0.29) is 12.7 Å². The second kappa shape index (κ2) is 10.7. The monoisotopic (exact) mass is 286 g/mol. The van der Waals surface area contributed by atoms with Crippen LogP contribution in [0, 0.1) is 0 Å². The summed E-state index contributed by atoms with van der Waals surface area (Å²) in [5.41, 5.74) is 0.790. The normalized spacial score (nSPS) is 19.9. The third-order valence-corrected chi connectivity index (χ3v) is 2.88. The number of hydrogen-bond acceptors (Lipinski definition) is 4. The van der Waals surface area contributed by atoms with Crippen LogP contribution in [0.25, 0.3) is 0 Å². The van der Waals surface area contributed by atoms with Crippen LogP contribution in [0.4, 0.5) is 4.39 Å². The highest BCUT2D eigenvalue weighted by atomic mass is 19.1. The number of aliphatic hydroxyl groups excluding tert-OH is 2. The van der Waals surface area contributed by atoms with Crippen LogP contribution in [0.3, 0.4) is 0 Å². The van der Waals surface area contributed by atoms with Crippen molar-refractivity contribution in [3.63, 3.8) is 0 Å². The Kier molecular flexibility index (Phi) is 9.15. The first-order valence-electron chi connectivity index (χ1n) is 6.91. The summed E-state index contributed by atoms with van der Waals surface area (Å²) in [5.74, 6) is 0. The molecule has 1 aromatic rings. The molecule has 0 saturated carbocycles. The summed E-state index contributed by atoms with van der Waals surface area (Å²) in [6.45, 7) is 0.311. The maximum Gasteiger partial charge on any atom is 0.181 e. The van der Waals surface area contributed by atoms with E-state index in [1.807, 2.05) is 30.3 Å². The molecular weight excluding hydrogens is 263 g/mol. The molecular formula is C15H23FO4.